The van der Waals surface area contributed by atoms with Crippen LogP contribution < -0.4 is 4.57 Å². The molecule has 0 saturated carbocycles. The van der Waals surface area contributed by atoms with Crippen LogP contribution in [0.1, 0.15) is 17.6 Å². The van der Waals surface area contributed by atoms with Gasteiger partial charge < -0.3 is 0 Å². The molecule has 0 aliphatic heterocycles. The van der Waals surface area contributed by atoms with Crippen molar-refractivity contribution in [3.63, 3.8) is 0 Å². The lowest BCUT2D eigenvalue weighted by Gasteiger charge is -1.85. The fraction of sp³-hybridized carbons (Fsp3) is 0.571. The molecule has 0 fully saturated rings. The maximum absolute atomic E-state index is 2.24. The molecular formula is C7H12NS+. The molecule has 0 spiro atoms. The zero-order valence-electron chi connectivity index (χ0n) is 6.14. The van der Waals surface area contributed by atoms with Gasteiger partial charge in [0.2, 0.25) is 5.01 Å². The number of aryl methyl sites for hydroxylation is 2. The number of hydrogen-bond donors (Lipinski definition) is 0. The van der Waals surface area contributed by atoms with Gasteiger partial charge in [-0.3, -0.25) is 0 Å². The molecule has 1 rings (SSSR count). The SMILES string of the molecule is CCc1csc(C)[n+]1C. The molecule has 1 aromatic heterocycles. The van der Waals surface area contributed by atoms with Gasteiger partial charge in [0.05, 0.1) is 5.38 Å². The molecule has 0 aliphatic carbocycles. The van der Waals surface area contributed by atoms with E-state index in [1.54, 1.807) is 0 Å². The Balaban J connectivity index is 3.04. The van der Waals surface area contributed by atoms with Gasteiger partial charge in [0.25, 0.3) is 0 Å². The van der Waals surface area contributed by atoms with Crippen molar-refractivity contribution in [3.05, 3.63) is 16.1 Å². The van der Waals surface area contributed by atoms with Crippen LogP contribution in [0.5, 0.6) is 0 Å². The first kappa shape index (κ1) is 6.75. The Morgan fingerprint density at radius 3 is 2.56 bits per heavy atom. The molecule has 1 heterocycles. The molecule has 1 aromatic rings. The van der Waals surface area contributed by atoms with Gasteiger partial charge in [0, 0.05) is 13.3 Å². The molecule has 0 radical (unpaired) electrons. The molecule has 0 aromatic carbocycles. The van der Waals surface area contributed by atoms with Gasteiger partial charge >= 0.3 is 0 Å². The second-order valence-electron chi connectivity index (χ2n) is 2.16. The van der Waals surface area contributed by atoms with E-state index in [1.165, 1.54) is 10.7 Å². The molecule has 1 nitrogen and oxygen atoms in total. The van der Waals surface area contributed by atoms with Crippen molar-refractivity contribution in [3.8, 4) is 0 Å². The number of hydrogen-bond acceptors (Lipinski definition) is 1. The number of nitrogens with zero attached hydrogens (tertiary/aromatic N) is 1. The lowest BCUT2D eigenvalue weighted by atomic mass is 10.4. The van der Waals surface area contributed by atoms with E-state index in [4.69, 9.17) is 0 Å². The minimum atomic E-state index is 1.14. The Bertz CT molecular complexity index is 203. The molecule has 0 saturated heterocycles. The zero-order valence-corrected chi connectivity index (χ0v) is 6.96. The molecule has 50 valence electrons. The van der Waals surface area contributed by atoms with Gasteiger partial charge in [0.1, 0.15) is 7.05 Å². The number of thiazole rings is 1. The van der Waals surface area contributed by atoms with Crippen molar-refractivity contribution >= 4 is 11.3 Å². The van der Waals surface area contributed by atoms with Crippen LogP contribution in [0.15, 0.2) is 5.38 Å². The summed E-state index contributed by atoms with van der Waals surface area (Å²) in [7, 11) is 2.12. The summed E-state index contributed by atoms with van der Waals surface area (Å²) in [6, 6.07) is 0. The molecule has 2 heteroatoms. The van der Waals surface area contributed by atoms with Crippen molar-refractivity contribution in [2.45, 2.75) is 20.3 Å². The molecule has 0 amide bonds. The maximum atomic E-state index is 2.24. The van der Waals surface area contributed by atoms with E-state index in [2.05, 4.69) is 30.8 Å². The number of rotatable bonds is 1. The Morgan fingerprint density at radius 1 is 1.67 bits per heavy atom. The van der Waals surface area contributed by atoms with E-state index in [-0.39, 0.29) is 0 Å². The van der Waals surface area contributed by atoms with Gasteiger partial charge in [-0.1, -0.05) is 18.3 Å². The third-order valence-corrected chi connectivity index (χ3v) is 2.64. The molecule has 0 N–H and O–H groups in total. The van der Waals surface area contributed by atoms with Gasteiger partial charge in [-0.15, -0.1) is 0 Å². The largest absolute Gasteiger partial charge is 0.234 e. The van der Waals surface area contributed by atoms with E-state index in [1.807, 2.05) is 11.3 Å². The van der Waals surface area contributed by atoms with Crippen molar-refractivity contribution in [2.75, 3.05) is 0 Å². The normalized spacial score (nSPS) is 10.1. The van der Waals surface area contributed by atoms with E-state index in [0.29, 0.717) is 0 Å². The molecule has 0 unspecified atom stereocenters. The molecule has 0 atom stereocenters. The van der Waals surface area contributed by atoms with Crippen LogP contribution in [0.3, 0.4) is 0 Å². The second kappa shape index (κ2) is 2.48. The summed E-state index contributed by atoms with van der Waals surface area (Å²) in [5, 5.41) is 3.60. The minimum absolute atomic E-state index is 1.14. The fourth-order valence-electron chi connectivity index (χ4n) is 0.834. The van der Waals surface area contributed by atoms with Crippen LogP contribution in [0.2, 0.25) is 0 Å². The zero-order chi connectivity index (χ0) is 6.85. The van der Waals surface area contributed by atoms with E-state index >= 15 is 0 Å². The Hall–Kier alpha value is -0.370. The average Bonchev–Trinajstić information content (AvgIpc) is 2.15. The summed E-state index contributed by atoms with van der Waals surface area (Å²) in [5.74, 6) is 0. The van der Waals surface area contributed by atoms with Gasteiger partial charge in [-0.05, 0) is 0 Å². The number of aromatic nitrogens is 1. The Labute approximate surface area is 60.0 Å². The van der Waals surface area contributed by atoms with Crippen LogP contribution in [-0.2, 0) is 13.5 Å². The average molecular weight is 142 g/mol. The van der Waals surface area contributed by atoms with Crippen LogP contribution in [0.25, 0.3) is 0 Å². The molecule has 0 bridgehead atoms. The van der Waals surface area contributed by atoms with Crippen LogP contribution in [0, 0.1) is 6.92 Å². The topological polar surface area (TPSA) is 3.88 Å². The Morgan fingerprint density at radius 2 is 2.33 bits per heavy atom. The van der Waals surface area contributed by atoms with Crippen LogP contribution in [-0.4, -0.2) is 0 Å². The van der Waals surface area contributed by atoms with Crippen molar-refractivity contribution in [1.29, 1.82) is 0 Å². The van der Waals surface area contributed by atoms with Gasteiger partial charge in [-0.2, -0.15) is 4.57 Å². The second-order valence-corrected chi connectivity index (χ2v) is 3.22. The summed E-state index contributed by atoms with van der Waals surface area (Å²) >= 11 is 1.82. The highest BCUT2D eigenvalue weighted by Crippen LogP contribution is 2.04. The fourth-order valence-corrected chi connectivity index (χ4v) is 1.74. The van der Waals surface area contributed by atoms with Crippen LogP contribution >= 0.6 is 11.3 Å². The van der Waals surface area contributed by atoms with Gasteiger partial charge in [-0.25, -0.2) is 0 Å². The molecule has 9 heavy (non-hydrogen) atoms. The van der Waals surface area contributed by atoms with Crippen LogP contribution in [0.4, 0.5) is 0 Å². The summed E-state index contributed by atoms with van der Waals surface area (Å²) in [4.78, 5) is 0. The maximum Gasteiger partial charge on any atom is 0.234 e. The summed E-state index contributed by atoms with van der Waals surface area (Å²) < 4.78 is 2.24. The minimum Gasteiger partial charge on any atom is -0.193 e. The predicted molar refractivity (Wildman–Crippen MR) is 39.6 cm³/mol. The predicted octanol–water partition coefficient (Wildman–Crippen LogP) is 1.44. The van der Waals surface area contributed by atoms with E-state index in [0.717, 1.165) is 6.42 Å². The van der Waals surface area contributed by atoms with Crippen molar-refractivity contribution < 1.29 is 4.57 Å². The molecule has 0 aliphatic rings. The smallest absolute Gasteiger partial charge is 0.193 e. The first-order valence-electron chi connectivity index (χ1n) is 3.18. The van der Waals surface area contributed by atoms with E-state index in [9.17, 15) is 0 Å². The lowest BCUT2D eigenvalue weighted by molar-refractivity contribution is -0.679. The highest BCUT2D eigenvalue weighted by Gasteiger charge is 2.08. The third kappa shape index (κ3) is 1.13. The monoisotopic (exact) mass is 142 g/mol. The highest BCUT2D eigenvalue weighted by molar-refractivity contribution is 7.09. The van der Waals surface area contributed by atoms with Gasteiger partial charge in [0.15, 0.2) is 5.69 Å². The standard InChI is InChI=1S/C7H12NS/c1-4-7-5-9-6(2)8(7)3/h5H,4H2,1-3H3/q+1. The quantitative estimate of drug-likeness (QED) is 0.522. The first-order chi connectivity index (χ1) is 4.25. The van der Waals surface area contributed by atoms with Crippen molar-refractivity contribution in [2.24, 2.45) is 7.05 Å². The lowest BCUT2D eigenvalue weighted by Crippen LogP contribution is -2.32. The highest BCUT2D eigenvalue weighted by atomic mass is 32.1. The summed E-state index contributed by atoms with van der Waals surface area (Å²) in [5.41, 5.74) is 1.43. The Kier molecular flexibility index (Phi) is 1.86. The van der Waals surface area contributed by atoms with Crippen molar-refractivity contribution in [1.82, 2.24) is 0 Å². The molecular weight excluding hydrogens is 130 g/mol. The summed E-state index contributed by atoms with van der Waals surface area (Å²) in [6.45, 7) is 4.32. The first-order valence-corrected chi connectivity index (χ1v) is 4.06. The third-order valence-electron chi connectivity index (χ3n) is 1.63. The van der Waals surface area contributed by atoms with E-state index < -0.39 is 0 Å². The summed E-state index contributed by atoms with van der Waals surface area (Å²) in [6.07, 6.45) is 1.14.